The van der Waals surface area contributed by atoms with Crippen molar-refractivity contribution < 1.29 is 9.53 Å². The van der Waals surface area contributed by atoms with Crippen LogP contribution in [0.5, 0.6) is 5.75 Å². The maximum Gasteiger partial charge on any atom is 0.315 e. The third-order valence-corrected chi connectivity index (χ3v) is 3.63. The van der Waals surface area contributed by atoms with Gasteiger partial charge in [0.1, 0.15) is 5.75 Å². The molecule has 1 heterocycles. The molecule has 82 valence electrons. The lowest BCUT2D eigenvalue weighted by atomic mass is 9.72. The van der Waals surface area contributed by atoms with E-state index in [1.807, 2.05) is 18.2 Å². The normalized spacial score (nSPS) is 31.6. The molecule has 2 aliphatic rings. The number of esters is 1. The summed E-state index contributed by atoms with van der Waals surface area (Å²) in [5.74, 6) is 1.26. The van der Waals surface area contributed by atoms with Gasteiger partial charge in [-0.1, -0.05) is 37.3 Å². The number of para-hydroxylation sites is 1. The van der Waals surface area contributed by atoms with Crippen molar-refractivity contribution in [3.8, 4) is 5.75 Å². The van der Waals surface area contributed by atoms with Crippen LogP contribution in [0, 0.1) is 11.8 Å². The SMILES string of the molecule is C[C@@H]1C=CC[C@H]2c3ccccc3OC(=O)[C@@H]12. The van der Waals surface area contributed by atoms with Gasteiger partial charge in [0.15, 0.2) is 0 Å². The Labute approximate surface area is 94.9 Å². The maximum absolute atomic E-state index is 11.9. The Hall–Kier alpha value is -1.57. The number of hydrogen-bond donors (Lipinski definition) is 0. The Balaban J connectivity index is 2.11. The number of hydrogen-bond acceptors (Lipinski definition) is 2. The van der Waals surface area contributed by atoms with E-state index in [4.69, 9.17) is 4.74 Å². The fourth-order valence-electron chi connectivity index (χ4n) is 2.83. The van der Waals surface area contributed by atoms with Crippen molar-refractivity contribution in [3.05, 3.63) is 42.0 Å². The zero-order valence-electron chi connectivity index (χ0n) is 9.22. The molecule has 0 amide bonds. The largest absolute Gasteiger partial charge is 0.426 e. The average molecular weight is 214 g/mol. The Kier molecular flexibility index (Phi) is 2.10. The topological polar surface area (TPSA) is 26.3 Å². The van der Waals surface area contributed by atoms with Gasteiger partial charge in [0, 0.05) is 5.92 Å². The van der Waals surface area contributed by atoms with Gasteiger partial charge in [-0.05, 0) is 24.0 Å². The summed E-state index contributed by atoms with van der Waals surface area (Å²) in [6.45, 7) is 2.09. The molecule has 0 fully saturated rings. The number of rotatable bonds is 0. The van der Waals surface area contributed by atoms with E-state index in [0.29, 0.717) is 5.92 Å². The summed E-state index contributed by atoms with van der Waals surface area (Å²) >= 11 is 0. The molecule has 3 atom stereocenters. The quantitative estimate of drug-likeness (QED) is 0.377. The molecule has 0 spiro atoms. The molecule has 0 saturated heterocycles. The number of allylic oxidation sites excluding steroid dienone is 2. The van der Waals surface area contributed by atoms with Gasteiger partial charge in [-0.2, -0.15) is 0 Å². The van der Waals surface area contributed by atoms with E-state index in [1.165, 1.54) is 5.56 Å². The van der Waals surface area contributed by atoms with Gasteiger partial charge in [-0.3, -0.25) is 4.79 Å². The highest BCUT2D eigenvalue weighted by atomic mass is 16.5. The number of fused-ring (bicyclic) bond motifs is 3. The number of carbonyl (C=O) groups is 1. The molecule has 0 aromatic heterocycles. The van der Waals surface area contributed by atoms with Gasteiger partial charge in [0.05, 0.1) is 5.92 Å². The summed E-state index contributed by atoms with van der Waals surface area (Å²) in [6, 6.07) is 7.88. The maximum atomic E-state index is 11.9. The molecule has 0 radical (unpaired) electrons. The first-order chi connectivity index (χ1) is 7.77. The predicted molar refractivity (Wildman–Crippen MR) is 61.2 cm³/mol. The van der Waals surface area contributed by atoms with E-state index in [0.717, 1.165) is 12.2 Å². The summed E-state index contributed by atoms with van der Waals surface area (Å²) in [5, 5.41) is 0. The Morgan fingerprint density at radius 2 is 2.12 bits per heavy atom. The predicted octanol–water partition coefficient (Wildman–Crippen LogP) is 2.90. The Bertz CT molecular complexity index is 462. The highest BCUT2D eigenvalue weighted by molar-refractivity contribution is 5.80. The van der Waals surface area contributed by atoms with Crippen molar-refractivity contribution in [1.29, 1.82) is 0 Å². The highest BCUT2D eigenvalue weighted by Crippen LogP contribution is 2.45. The van der Waals surface area contributed by atoms with Crippen molar-refractivity contribution in [1.82, 2.24) is 0 Å². The second-order valence-electron chi connectivity index (χ2n) is 4.61. The second-order valence-corrected chi connectivity index (χ2v) is 4.61. The smallest absolute Gasteiger partial charge is 0.315 e. The van der Waals surface area contributed by atoms with Crippen LogP contribution in [-0.4, -0.2) is 5.97 Å². The van der Waals surface area contributed by atoms with E-state index >= 15 is 0 Å². The van der Waals surface area contributed by atoms with Crippen LogP contribution in [0.2, 0.25) is 0 Å². The van der Waals surface area contributed by atoms with Gasteiger partial charge in [0.25, 0.3) is 0 Å². The monoisotopic (exact) mass is 214 g/mol. The fraction of sp³-hybridized carbons (Fsp3) is 0.357. The molecule has 16 heavy (non-hydrogen) atoms. The Morgan fingerprint density at radius 3 is 3.00 bits per heavy atom. The van der Waals surface area contributed by atoms with E-state index in [-0.39, 0.29) is 17.8 Å². The van der Waals surface area contributed by atoms with Crippen molar-refractivity contribution in [2.75, 3.05) is 0 Å². The average Bonchev–Trinajstić information content (AvgIpc) is 2.29. The van der Waals surface area contributed by atoms with Crippen molar-refractivity contribution in [3.63, 3.8) is 0 Å². The molecular weight excluding hydrogens is 200 g/mol. The third-order valence-electron chi connectivity index (χ3n) is 3.63. The lowest BCUT2D eigenvalue weighted by Crippen LogP contribution is -2.36. The Morgan fingerprint density at radius 1 is 1.31 bits per heavy atom. The molecule has 2 nitrogen and oxygen atoms in total. The van der Waals surface area contributed by atoms with Crippen LogP contribution >= 0.6 is 0 Å². The van der Waals surface area contributed by atoms with Crippen molar-refractivity contribution in [2.24, 2.45) is 11.8 Å². The zero-order valence-corrected chi connectivity index (χ0v) is 9.22. The molecule has 3 rings (SSSR count). The minimum atomic E-state index is -0.0689. The molecule has 1 aliphatic heterocycles. The number of ether oxygens (including phenoxy) is 1. The van der Waals surface area contributed by atoms with Gasteiger partial charge in [-0.15, -0.1) is 0 Å². The standard InChI is InChI=1S/C14H14O2/c1-9-5-4-7-11-10-6-2-3-8-12(10)16-14(15)13(9)11/h2-6,8-9,11,13H,7H2,1H3/t9-,11+,13+/m1/s1. The van der Waals surface area contributed by atoms with E-state index < -0.39 is 0 Å². The van der Waals surface area contributed by atoms with Crippen LogP contribution in [0.15, 0.2) is 36.4 Å². The van der Waals surface area contributed by atoms with Crippen LogP contribution in [-0.2, 0) is 4.79 Å². The van der Waals surface area contributed by atoms with Crippen LogP contribution in [0.3, 0.4) is 0 Å². The summed E-state index contributed by atoms with van der Waals surface area (Å²) in [6.07, 6.45) is 5.25. The molecule has 1 aromatic carbocycles. The minimum absolute atomic E-state index is 0.0000926. The van der Waals surface area contributed by atoms with Crippen molar-refractivity contribution >= 4 is 5.97 Å². The summed E-state index contributed by atoms with van der Waals surface area (Å²) < 4.78 is 5.40. The molecule has 0 bridgehead atoms. The van der Waals surface area contributed by atoms with Crippen LogP contribution in [0.4, 0.5) is 0 Å². The zero-order chi connectivity index (χ0) is 11.1. The fourth-order valence-corrected chi connectivity index (χ4v) is 2.83. The molecule has 0 saturated carbocycles. The van der Waals surface area contributed by atoms with E-state index in [2.05, 4.69) is 25.1 Å². The highest BCUT2D eigenvalue weighted by Gasteiger charge is 2.40. The van der Waals surface area contributed by atoms with Gasteiger partial charge < -0.3 is 4.74 Å². The van der Waals surface area contributed by atoms with Gasteiger partial charge in [0.2, 0.25) is 0 Å². The van der Waals surface area contributed by atoms with Crippen LogP contribution in [0.1, 0.15) is 24.8 Å². The van der Waals surface area contributed by atoms with E-state index in [1.54, 1.807) is 0 Å². The summed E-state index contributed by atoms with van der Waals surface area (Å²) in [7, 11) is 0. The van der Waals surface area contributed by atoms with Crippen LogP contribution < -0.4 is 4.74 Å². The number of carbonyl (C=O) groups excluding carboxylic acids is 1. The van der Waals surface area contributed by atoms with E-state index in [9.17, 15) is 4.79 Å². The van der Waals surface area contributed by atoms with Crippen LogP contribution in [0.25, 0.3) is 0 Å². The molecule has 1 aromatic rings. The summed E-state index contributed by atoms with van der Waals surface area (Å²) in [5.41, 5.74) is 1.18. The number of benzene rings is 1. The minimum Gasteiger partial charge on any atom is -0.426 e. The lowest BCUT2D eigenvalue weighted by molar-refractivity contribution is -0.142. The van der Waals surface area contributed by atoms with Gasteiger partial charge >= 0.3 is 5.97 Å². The third kappa shape index (κ3) is 1.29. The molecule has 0 unspecified atom stereocenters. The first kappa shape index (κ1) is 9.64. The molecule has 0 N–H and O–H groups in total. The van der Waals surface area contributed by atoms with Crippen molar-refractivity contribution in [2.45, 2.75) is 19.3 Å². The first-order valence-corrected chi connectivity index (χ1v) is 5.74. The molecular formula is C14H14O2. The second kappa shape index (κ2) is 3.48. The molecule has 1 aliphatic carbocycles. The lowest BCUT2D eigenvalue weighted by Gasteiger charge is -2.36. The molecule has 2 heteroatoms. The summed E-state index contributed by atoms with van der Waals surface area (Å²) in [4.78, 5) is 11.9. The van der Waals surface area contributed by atoms with Gasteiger partial charge in [-0.25, -0.2) is 0 Å². The first-order valence-electron chi connectivity index (χ1n) is 5.74.